The number of thioether (sulfide) groups is 1. The quantitative estimate of drug-likeness (QED) is 0.570. The maximum absolute atomic E-state index is 12.0. The summed E-state index contributed by atoms with van der Waals surface area (Å²) in [5, 5.41) is 0. The average Bonchev–Trinajstić information content (AvgIpc) is 2.83. The highest BCUT2D eigenvalue weighted by molar-refractivity contribution is 8.01. The van der Waals surface area contributed by atoms with E-state index in [0.29, 0.717) is 25.4 Å². The molecule has 0 spiro atoms. The molecular formula is C11H18N2O4S. The molecule has 18 heavy (non-hydrogen) atoms. The van der Waals surface area contributed by atoms with Crippen LogP contribution in [0.25, 0.3) is 0 Å². The predicted molar refractivity (Wildman–Crippen MR) is 66.7 cm³/mol. The van der Waals surface area contributed by atoms with Crippen LogP contribution in [0.15, 0.2) is 0 Å². The second kappa shape index (κ2) is 5.46. The average molecular weight is 274 g/mol. The molecule has 7 heteroatoms. The lowest BCUT2D eigenvalue weighted by atomic mass is 10.2. The first-order chi connectivity index (χ1) is 8.58. The van der Waals surface area contributed by atoms with E-state index in [1.807, 2.05) is 6.92 Å². The van der Waals surface area contributed by atoms with Crippen LogP contribution in [0.4, 0.5) is 0 Å². The summed E-state index contributed by atoms with van der Waals surface area (Å²) in [5.41, 5.74) is 2.38. The summed E-state index contributed by atoms with van der Waals surface area (Å²) in [5.74, 6) is 0.430. The summed E-state index contributed by atoms with van der Waals surface area (Å²) in [4.78, 5) is 30.3. The van der Waals surface area contributed by atoms with Gasteiger partial charge in [-0.05, 0) is 13.3 Å². The lowest BCUT2D eigenvalue weighted by Crippen LogP contribution is -2.50. The van der Waals surface area contributed by atoms with Crippen molar-refractivity contribution in [2.24, 2.45) is 0 Å². The van der Waals surface area contributed by atoms with E-state index in [2.05, 4.69) is 5.48 Å². The van der Waals surface area contributed by atoms with E-state index in [1.54, 1.807) is 23.8 Å². The largest absolute Gasteiger partial charge is 0.382 e. The van der Waals surface area contributed by atoms with Crippen molar-refractivity contribution in [3.05, 3.63) is 0 Å². The molecule has 2 unspecified atom stereocenters. The predicted octanol–water partition coefficient (Wildman–Crippen LogP) is 0.135. The number of carbonyl (C=O) groups is 2. The number of hydroxylamine groups is 1. The number of amides is 2. The van der Waals surface area contributed by atoms with Gasteiger partial charge in [0.2, 0.25) is 5.91 Å². The van der Waals surface area contributed by atoms with Crippen molar-refractivity contribution in [1.82, 2.24) is 10.4 Å². The zero-order chi connectivity index (χ0) is 13.2. The van der Waals surface area contributed by atoms with Crippen molar-refractivity contribution in [3.8, 4) is 0 Å². The van der Waals surface area contributed by atoms with Gasteiger partial charge < -0.3 is 9.64 Å². The highest BCUT2D eigenvalue weighted by atomic mass is 32.2. The van der Waals surface area contributed by atoms with Crippen LogP contribution in [-0.4, -0.2) is 53.7 Å². The number of ether oxygens (including phenoxy) is 1. The fourth-order valence-corrected chi connectivity index (χ4v) is 3.76. The number of rotatable bonds is 5. The van der Waals surface area contributed by atoms with E-state index in [4.69, 9.17) is 9.57 Å². The third-order valence-corrected chi connectivity index (χ3v) is 4.81. The minimum Gasteiger partial charge on any atom is -0.382 e. The van der Waals surface area contributed by atoms with Crippen LogP contribution in [0, 0.1) is 0 Å². The standard InChI is InChI=1S/C11H18N2O4S/c1-11-4-3-9(14)13(11)8(7-18-11)10(15)12-17-6-5-16-2/h8H,3-7H2,1-2H3,(H,12,15). The van der Waals surface area contributed by atoms with Gasteiger partial charge in [0, 0.05) is 19.3 Å². The fraction of sp³-hybridized carbons (Fsp3) is 0.818. The normalized spacial score (nSPS) is 30.7. The van der Waals surface area contributed by atoms with E-state index in [0.717, 1.165) is 6.42 Å². The Balaban J connectivity index is 1.89. The molecule has 6 nitrogen and oxygen atoms in total. The molecule has 2 saturated heterocycles. The van der Waals surface area contributed by atoms with Gasteiger partial charge in [0.15, 0.2) is 0 Å². The lowest BCUT2D eigenvalue weighted by Gasteiger charge is -2.29. The summed E-state index contributed by atoms with van der Waals surface area (Å²) in [6, 6.07) is -0.419. The Morgan fingerprint density at radius 1 is 1.61 bits per heavy atom. The second-order valence-electron chi connectivity index (χ2n) is 4.57. The van der Waals surface area contributed by atoms with Gasteiger partial charge in [0.1, 0.15) is 6.04 Å². The first-order valence-corrected chi connectivity index (χ1v) is 6.94. The topological polar surface area (TPSA) is 67.9 Å². The summed E-state index contributed by atoms with van der Waals surface area (Å²) < 4.78 is 4.81. The number of carbonyl (C=O) groups excluding carboxylic acids is 2. The summed E-state index contributed by atoms with van der Waals surface area (Å²) in [6.07, 6.45) is 1.34. The monoisotopic (exact) mass is 274 g/mol. The molecular weight excluding hydrogens is 256 g/mol. The molecule has 2 heterocycles. The van der Waals surface area contributed by atoms with Crippen LogP contribution in [0.5, 0.6) is 0 Å². The lowest BCUT2D eigenvalue weighted by molar-refractivity contribution is -0.145. The minimum atomic E-state index is -0.419. The SMILES string of the molecule is COCCONC(=O)C1CSC2(C)CCC(=O)N12. The first kappa shape index (κ1) is 13.6. The van der Waals surface area contributed by atoms with Gasteiger partial charge in [-0.15, -0.1) is 11.8 Å². The van der Waals surface area contributed by atoms with E-state index >= 15 is 0 Å². The van der Waals surface area contributed by atoms with Crippen molar-refractivity contribution in [1.29, 1.82) is 0 Å². The molecule has 0 radical (unpaired) electrons. The number of fused-ring (bicyclic) bond motifs is 1. The van der Waals surface area contributed by atoms with E-state index in [-0.39, 0.29) is 16.7 Å². The Labute approximate surface area is 110 Å². The molecule has 1 N–H and O–H groups in total. The van der Waals surface area contributed by atoms with E-state index in [9.17, 15) is 9.59 Å². The molecule has 0 aromatic rings. The van der Waals surface area contributed by atoms with Crippen molar-refractivity contribution in [2.75, 3.05) is 26.1 Å². The molecule has 2 atom stereocenters. The van der Waals surface area contributed by atoms with Crippen LogP contribution >= 0.6 is 11.8 Å². The van der Waals surface area contributed by atoms with Crippen molar-refractivity contribution >= 4 is 23.6 Å². The highest BCUT2D eigenvalue weighted by Gasteiger charge is 2.52. The third-order valence-electron chi connectivity index (χ3n) is 3.31. The molecule has 0 bridgehead atoms. The van der Waals surface area contributed by atoms with Crippen LogP contribution in [0.2, 0.25) is 0 Å². The van der Waals surface area contributed by atoms with Crippen LogP contribution < -0.4 is 5.48 Å². The van der Waals surface area contributed by atoms with Gasteiger partial charge in [-0.3, -0.25) is 14.4 Å². The fourth-order valence-electron chi connectivity index (χ4n) is 2.33. The Bertz CT molecular complexity index is 352. The molecule has 0 saturated carbocycles. The summed E-state index contributed by atoms with van der Waals surface area (Å²) >= 11 is 1.66. The number of nitrogens with zero attached hydrogens (tertiary/aromatic N) is 1. The molecule has 2 rings (SSSR count). The number of hydrogen-bond acceptors (Lipinski definition) is 5. The van der Waals surface area contributed by atoms with Gasteiger partial charge in [-0.1, -0.05) is 0 Å². The molecule has 2 fully saturated rings. The molecule has 2 aliphatic heterocycles. The van der Waals surface area contributed by atoms with E-state index < -0.39 is 6.04 Å². The Kier molecular flexibility index (Phi) is 4.14. The maximum atomic E-state index is 12.0. The molecule has 2 aliphatic rings. The second-order valence-corrected chi connectivity index (χ2v) is 6.07. The van der Waals surface area contributed by atoms with Crippen molar-refractivity contribution in [2.45, 2.75) is 30.7 Å². The van der Waals surface area contributed by atoms with Gasteiger partial charge >= 0.3 is 0 Å². The number of methoxy groups -OCH3 is 1. The summed E-state index contributed by atoms with van der Waals surface area (Å²) in [6.45, 7) is 2.73. The van der Waals surface area contributed by atoms with Crippen LogP contribution in [0.3, 0.4) is 0 Å². The van der Waals surface area contributed by atoms with Gasteiger partial charge in [-0.2, -0.15) is 0 Å². The van der Waals surface area contributed by atoms with Gasteiger partial charge in [0.05, 0.1) is 18.1 Å². The Morgan fingerprint density at radius 2 is 2.39 bits per heavy atom. The minimum absolute atomic E-state index is 0.0551. The van der Waals surface area contributed by atoms with E-state index in [1.165, 1.54) is 0 Å². The molecule has 0 aromatic carbocycles. The number of nitrogens with one attached hydrogen (secondary N) is 1. The zero-order valence-corrected chi connectivity index (χ0v) is 11.4. The van der Waals surface area contributed by atoms with Crippen LogP contribution in [-0.2, 0) is 19.2 Å². The Morgan fingerprint density at radius 3 is 3.11 bits per heavy atom. The smallest absolute Gasteiger partial charge is 0.267 e. The summed E-state index contributed by atoms with van der Waals surface area (Å²) in [7, 11) is 1.56. The van der Waals surface area contributed by atoms with Crippen molar-refractivity contribution in [3.63, 3.8) is 0 Å². The molecule has 0 aromatic heterocycles. The first-order valence-electron chi connectivity index (χ1n) is 5.95. The third kappa shape index (κ3) is 2.48. The molecule has 0 aliphatic carbocycles. The van der Waals surface area contributed by atoms with Gasteiger partial charge in [-0.25, -0.2) is 5.48 Å². The number of hydrogen-bond donors (Lipinski definition) is 1. The zero-order valence-electron chi connectivity index (χ0n) is 10.6. The Hall–Kier alpha value is -0.790. The van der Waals surface area contributed by atoms with Crippen LogP contribution in [0.1, 0.15) is 19.8 Å². The van der Waals surface area contributed by atoms with Gasteiger partial charge in [0.25, 0.3) is 5.91 Å². The maximum Gasteiger partial charge on any atom is 0.267 e. The molecule has 102 valence electrons. The van der Waals surface area contributed by atoms with Crippen molar-refractivity contribution < 1.29 is 19.2 Å². The highest BCUT2D eigenvalue weighted by Crippen LogP contribution is 2.47. The molecule has 2 amide bonds.